The first-order valence-electron chi connectivity index (χ1n) is 6.52. The third kappa shape index (κ3) is 3.22. The Morgan fingerprint density at radius 2 is 1.88 bits per heavy atom. The first-order valence-corrected chi connectivity index (χ1v) is 6.52. The van der Waals surface area contributed by atoms with E-state index in [0.29, 0.717) is 5.41 Å². The fraction of sp³-hybridized carbons (Fsp3) is 0.600. The molecule has 2 heteroatoms. The third-order valence-electron chi connectivity index (χ3n) is 3.88. The summed E-state index contributed by atoms with van der Waals surface area (Å²) in [6.45, 7) is 10.6. The largest absolute Gasteiger partial charge is 0.399 e. The zero-order chi connectivity index (χ0) is 12.5. The molecule has 0 spiro atoms. The SMILES string of the molecule is CC(C)(C)C1CCN(Cc2ccc(N)cc2)C1. The predicted molar refractivity (Wildman–Crippen MR) is 73.7 cm³/mol. The minimum atomic E-state index is 0.440. The Morgan fingerprint density at radius 1 is 1.24 bits per heavy atom. The van der Waals surface area contributed by atoms with Gasteiger partial charge in [0.25, 0.3) is 0 Å². The first-order chi connectivity index (χ1) is 7.95. The van der Waals surface area contributed by atoms with Crippen LogP contribution in [0.25, 0.3) is 0 Å². The van der Waals surface area contributed by atoms with Gasteiger partial charge >= 0.3 is 0 Å². The molecular formula is C15H24N2. The maximum absolute atomic E-state index is 5.70. The van der Waals surface area contributed by atoms with E-state index in [1.807, 2.05) is 12.1 Å². The molecule has 0 aliphatic carbocycles. The monoisotopic (exact) mass is 232 g/mol. The Labute approximate surface area is 105 Å². The number of rotatable bonds is 2. The molecule has 1 aromatic carbocycles. The molecule has 1 fully saturated rings. The van der Waals surface area contributed by atoms with Crippen molar-refractivity contribution in [3.8, 4) is 0 Å². The minimum Gasteiger partial charge on any atom is -0.399 e. The van der Waals surface area contributed by atoms with Crippen molar-refractivity contribution < 1.29 is 0 Å². The highest BCUT2D eigenvalue weighted by molar-refractivity contribution is 5.39. The van der Waals surface area contributed by atoms with E-state index in [4.69, 9.17) is 5.73 Å². The second-order valence-corrected chi connectivity index (χ2v) is 6.33. The molecule has 2 nitrogen and oxygen atoms in total. The van der Waals surface area contributed by atoms with Crippen LogP contribution in [0.1, 0.15) is 32.8 Å². The van der Waals surface area contributed by atoms with E-state index < -0.39 is 0 Å². The van der Waals surface area contributed by atoms with Crippen LogP contribution in [0.3, 0.4) is 0 Å². The van der Waals surface area contributed by atoms with Crippen molar-refractivity contribution in [1.29, 1.82) is 0 Å². The topological polar surface area (TPSA) is 29.3 Å². The Kier molecular flexibility index (Phi) is 3.43. The number of hydrogen-bond acceptors (Lipinski definition) is 2. The van der Waals surface area contributed by atoms with Crippen LogP contribution in [-0.4, -0.2) is 18.0 Å². The molecule has 17 heavy (non-hydrogen) atoms. The normalized spacial score (nSPS) is 21.9. The van der Waals surface area contributed by atoms with Gasteiger partial charge in [-0.3, -0.25) is 4.90 Å². The predicted octanol–water partition coefficient (Wildman–Crippen LogP) is 3.14. The maximum Gasteiger partial charge on any atom is 0.0314 e. The average Bonchev–Trinajstić information content (AvgIpc) is 2.69. The van der Waals surface area contributed by atoms with Gasteiger partial charge in [0.15, 0.2) is 0 Å². The second-order valence-electron chi connectivity index (χ2n) is 6.33. The van der Waals surface area contributed by atoms with E-state index in [9.17, 15) is 0 Å². The van der Waals surface area contributed by atoms with E-state index in [0.717, 1.165) is 18.2 Å². The van der Waals surface area contributed by atoms with Crippen LogP contribution in [0.2, 0.25) is 0 Å². The van der Waals surface area contributed by atoms with Gasteiger partial charge in [-0.25, -0.2) is 0 Å². The molecule has 1 aromatic rings. The lowest BCUT2D eigenvalue weighted by Gasteiger charge is -2.27. The third-order valence-corrected chi connectivity index (χ3v) is 3.88. The summed E-state index contributed by atoms with van der Waals surface area (Å²) in [7, 11) is 0. The lowest BCUT2D eigenvalue weighted by atomic mass is 9.80. The second kappa shape index (κ2) is 4.69. The van der Waals surface area contributed by atoms with Crippen molar-refractivity contribution in [1.82, 2.24) is 4.90 Å². The minimum absolute atomic E-state index is 0.440. The highest BCUT2D eigenvalue weighted by Crippen LogP contribution is 2.34. The number of hydrogen-bond donors (Lipinski definition) is 1. The van der Waals surface area contributed by atoms with Crippen molar-refractivity contribution >= 4 is 5.69 Å². The van der Waals surface area contributed by atoms with Gasteiger partial charge in [0, 0.05) is 18.8 Å². The molecule has 0 aromatic heterocycles. The quantitative estimate of drug-likeness (QED) is 0.794. The van der Waals surface area contributed by atoms with Gasteiger partial charge in [0.1, 0.15) is 0 Å². The smallest absolute Gasteiger partial charge is 0.0314 e. The van der Waals surface area contributed by atoms with E-state index in [1.165, 1.54) is 25.1 Å². The van der Waals surface area contributed by atoms with Gasteiger partial charge in [0.2, 0.25) is 0 Å². The van der Waals surface area contributed by atoms with Gasteiger partial charge in [-0.05, 0) is 42.0 Å². The number of nitrogen functional groups attached to an aromatic ring is 1. The van der Waals surface area contributed by atoms with E-state index in [2.05, 4.69) is 37.8 Å². The molecule has 1 aliphatic heterocycles. The van der Waals surface area contributed by atoms with Crippen molar-refractivity contribution in [2.24, 2.45) is 11.3 Å². The van der Waals surface area contributed by atoms with Gasteiger partial charge in [-0.15, -0.1) is 0 Å². The Morgan fingerprint density at radius 3 is 2.41 bits per heavy atom. The number of anilines is 1. The summed E-state index contributed by atoms with van der Waals surface area (Å²) >= 11 is 0. The summed E-state index contributed by atoms with van der Waals surface area (Å²) < 4.78 is 0. The van der Waals surface area contributed by atoms with Crippen LogP contribution in [0.15, 0.2) is 24.3 Å². The molecule has 0 bridgehead atoms. The number of nitrogens with zero attached hydrogens (tertiary/aromatic N) is 1. The standard InChI is InChI=1S/C15H24N2/c1-15(2,3)13-8-9-17(11-13)10-12-4-6-14(16)7-5-12/h4-7,13H,8-11,16H2,1-3H3. The van der Waals surface area contributed by atoms with Crippen molar-refractivity contribution in [3.63, 3.8) is 0 Å². The van der Waals surface area contributed by atoms with E-state index >= 15 is 0 Å². The maximum atomic E-state index is 5.70. The van der Waals surface area contributed by atoms with Gasteiger partial charge in [-0.1, -0.05) is 32.9 Å². The van der Waals surface area contributed by atoms with Gasteiger partial charge < -0.3 is 5.73 Å². The van der Waals surface area contributed by atoms with Crippen LogP contribution in [0.5, 0.6) is 0 Å². The lowest BCUT2D eigenvalue weighted by Crippen LogP contribution is -2.25. The molecule has 2 rings (SSSR count). The fourth-order valence-corrected chi connectivity index (χ4v) is 2.56. The number of likely N-dealkylation sites (tertiary alicyclic amines) is 1. The molecular weight excluding hydrogens is 208 g/mol. The Balaban J connectivity index is 1.92. The van der Waals surface area contributed by atoms with Crippen molar-refractivity contribution in [2.75, 3.05) is 18.8 Å². The molecule has 94 valence electrons. The zero-order valence-electron chi connectivity index (χ0n) is 11.2. The first kappa shape index (κ1) is 12.4. The summed E-state index contributed by atoms with van der Waals surface area (Å²) in [6, 6.07) is 8.26. The van der Waals surface area contributed by atoms with Crippen LogP contribution in [0.4, 0.5) is 5.69 Å². The molecule has 0 radical (unpaired) electrons. The molecule has 1 unspecified atom stereocenters. The van der Waals surface area contributed by atoms with Gasteiger partial charge in [0.05, 0.1) is 0 Å². The molecule has 1 aliphatic rings. The molecule has 1 heterocycles. The van der Waals surface area contributed by atoms with E-state index in [1.54, 1.807) is 0 Å². The highest BCUT2D eigenvalue weighted by atomic mass is 15.1. The summed E-state index contributed by atoms with van der Waals surface area (Å²) in [5, 5.41) is 0. The lowest BCUT2D eigenvalue weighted by molar-refractivity contribution is 0.226. The van der Waals surface area contributed by atoms with Crippen LogP contribution < -0.4 is 5.73 Å². The molecule has 0 saturated carbocycles. The summed E-state index contributed by atoms with van der Waals surface area (Å²) in [6.07, 6.45) is 1.33. The van der Waals surface area contributed by atoms with Crippen LogP contribution in [-0.2, 0) is 6.54 Å². The summed E-state index contributed by atoms with van der Waals surface area (Å²) in [5.41, 5.74) is 8.36. The van der Waals surface area contributed by atoms with Gasteiger partial charge in [-0.2, -0.15) is 0 Å². The molecule has 2 N–H and O–H groups in total. The Hall–Kier alpha value is -1.02. The van der Waals surface area contributed by atoms with Crippen molar-refractivity contribution in [2.45, 2.75) is 33.7 Å². The molecule has 1 saturated heterocycles. The zero-order valence-corrected chi connectivity index (χ0v) is 11.2. The molecule has 0 amide bonds. The summed E-state index contributed by atoms with van der Waals surface area (Å²) in [5.74, 6) is 0.830. The van der Waals surface area contributed by atoms with E-state index in [-0.39, 0.29) is 0 Å². The average molecular weight is 232 g/mol. The van der Waals surface area contributed by atoms with Crippen molar-refractivity contribution in [3.05, 3.63) is 29.8 Å². The summed E-state index contributed by atoms with van der Waals surface area (Å²) in [4.78, 5) is 2.56. The Bertz CT molecular complexity index is 362. The number of benzene rings is 1. The highest BCUT2D eigenvalue weighted by Gasteiger charge is 2.31. The number of nitrogens with two attached hydrogens (primary N) is 1. The van der Waals surface area contributed by atoms with Crippen LogP contribution in [0, 0.1) is 11.3 Å². The molecule has 1 atom stereocenters. The fourth-order valence-electron chi connectivity index (χ4n) is 2.56. The van der Waals surface area contributed by atoms with Crippen LogP contribution >= 0.6 is 0 Å².